The first kappa shape index (κ1) is 11.6. The van der Waals surface area contributed by atoms with Gasteiger partial charge in [0.2, 0.25) is 10.0 Å². The zero-order valence-corrected chi connectivity index (χ0v) is 9.25. The number of rotatable bonds is 2. The van der Waals surface area contributed by atoms with Crippen LogP contribution >= 0.6 is 11.3 Å². The second-order valence-corrected chi connectivity index (χ2v) is 6.19. The molecule has 0 radical (unpaired) electrons. The first-order chi connectivity index (χ1) is 6.12. The van der Waals surface area contributed by atoms with E-state index in [1.54, 1.807) is 0 Å². The summed E-state index contributed by atoms with van der Waals surface area (Å²) >= 11 is 0.635. The van der Waals surface area contributed by atoms with Crippen LogP contribution in [0.5, 0.6) is 0 Å². The van der Waals surface area contributed by atoms with E-state index in [1.807, 2.05) is 0 Å². The Labute approximate surface area is 85.2 Å². The average Bonchev–Trinajstić information content (AvgIpc) is 2.27. The minimum Gasteiger partial charge on any atom is -0.385 e. The molecule has 0 atom stereocenters. The van der Waals surface area contributed by atoms with Gasteiger partial charge in [0.15, 0.2) is 0 Å². The highest BCUT2D eigenvalue weighted by Gasteiger charge is 2.26. The molecule has 1 heterocycles. The van der Waals surface area contributed by atoms with Crippen LogP contribution in [0.3, 0.4) is 0 Å². The van der Waals surface area contributed by atoms with E-state index in [1.165, 1.54) is 13.8 Å². The zero-order valence-electron chi connectivity index (χ0n) is 7.61. The van der Waals surface area contributed by atoms with Crippen molar-refractivity contribution < 1.29 is 17.9 Å². The number of hydrogen-bond donors (Lipinski definition) is 2. The van der Waals surface area contributed by atoms with Gasteiger partial charge >= 0.3 is 0 Å². The van der Waals surface area contributed by atoms with E-state index in [4.69, 9.17) is 5.14 Å². The minimum atomic E-state index is -3.90. The topological polar surface area (TPSA) is 80.4 Å². The first-order valence-corrected chi connectivity index (χ1v) is 6.03. The van der Waals surface area contributed by atoms with Gasteiger partial charge in [0.05, 0.1) is 10.5 Å². The standard InChI is InChI=1S/C7H10FNO3S2/c1-7(2,10)6-4(8)3-5(13-6)14(9,11)12/h3,10H,1-2H3,(H2,9,11,12). The van der Waals surface area contributed by atoms with Crippen LogP contribution in [0.2, 0.25) is 0 Å². The molecular weight excluding hydrogens is 229 g/mol. The van der Waals surface area contributed by atoms with Crippen LogP contribution < -0.4 is 5.14 Å². The van der Waals surface area contributed by atoms with Gasteiger partial charge in [-0.05, 0) is 13.8 Å². The number of sulfonamides is 1. The normalized spacial score (nSPS) is 13.2. The molecule has 0 aliphatic heterocycles. The summed E-state index contributed by atoms with van der Waals surface area (Å²) < 4.78 is 34.6. The van der Waals surface area contributed by atoms with Gasteiger partial charge in [0.25, 0.3) is 0 Å². The largest absolute Gasteiger partial charge is 0.385 e. The molecule has 0 saturated heterocycles. The van der Waals surface area contributed by atoms with Crippen LogP contribution in [0.1, 0.15) is 18.7 Å². The molecule has 0 amide bonds. The van der Waals surface area contributed by atoms with Crippen molar-refractivity contribution >= 4 is 21.4 Å². The van der Waals surface area contributed by atoms with Gasteiger partial charge in [0.1, 0.15) is 10.0 Å². The van der Waals surface area contributed by atoms with Crippen LogP contribution in [0, 0.1) is 5.82 Å². The number of aliphatic hydroxyl groups is 1. The summed E-state index contributed by atoms with van der Waals surface area (Å²) in [6.45, 7) is 2.74. The Hall–Kier alpha value is -0.500. The highest BCUT2D eigenvalue weighted by molar-refractivity contribution is 7.91. The summed E-state index contributed by atoms with van der Waals surface area (Å²) in [7, 11) is -3.90. The van der Waals surface area contributed by atoms with Crippen molar-refractivity contribution in [3.05, 3.63) is 16.8 Å². The van der Waals surface area contributed by atoms with Crippen LogP contribution in [0.4, 0.5) is 4.39 Å². The molecule has 80 valence electrons. The van der Waals surface area contributed by atoms with Crippen molar-refractivity contribution in [2.24, 2.45) is 5.14 Å². The Balaban J connectivity index is 3.33. The Morgan fingerprint density at radius 3 is 2.29 bits per heavy atom. The summed E-state index contributed by atoms with van der Waals surface area (Å²) in [5.41, 5.74) is -1.41. The number of primary sulfonamides is 1. The van der Waals surface area contributed by atoms with Crippen LogP contribution in [-0.2, 0) is 15.6 Å². The summed E-state index contributed by atoms with van der Waals surface area (Å²) in [6, 6.07) is 0.813. The van der Waals surface area contributed by atoms with Gasteiger partial charge in [-0.3, -0.25) is 0 Å². The maximum Gasteiger partial charge on any atom is 0.247 e. The lowest BCUT2D eigenvalue weighted by Crippen LogP contribution is -2.14. The predicted octanol–water partition coefficient (Wildman–Crippen LogP) is 0.762. The van der Waals surface area contributed by atoms with E-state index < -0.39 is 21.4 Å². The van der Waals surface area contributed by atoms with E-state index in [0.717, 1.165) is 6.07 Å². The van der Waals surface area contributed by atoms with Crippen LogP contribution in [0.15, 0.2) is 10.3 Å². The van der Waals surface area contributed by atoms with Gasteiger partial charge in [-0.15, -0.1) is 11.3 Å². The Kier molecular flexibility index (Phi) is 2.70. The zero-order chi connectivity index (χ0) is 11.1. The molecule has 1 aromatic heterocycles. The van der Waals surface area contributed by atoms with E-state index in [-0.39, 0.29) is 9.09 Å². The highest BCUT2D eigenvalue weighted by Crippen LogP contribution is 2.32. The average molecular weight is 239 g/mol. The Morgan fingerprint density at radius 1 is 1.57 bits per heavy atom. The third kappa shape index (κ3) is 2.30. The second kappa shape index (κ2) is 3.27. The molecule has 0 saturated carbocycles. The van der Waals surface area contributed by atoms with E-state index in [9.17, 15) is 17.9 Å². The summed E-state index contributed by atoms with van der Waals surface area (Å²) in [5.74, 6) is -0.758. The van der Waals surface area contributed by atoms with Crippen molar-refractivity contribution in [3.8, 4) is 0 Å². The molecular formula is C7H10FNO3S2. The predicted molar refractivity (Wildman–Crippen MR) is 50.9 cm³/mol. The highest BCUT2D eigenvalue weighted by atomic mass is 32.2. The summed E-state index contributed by atoms with van der Waals surface area (Å²) in [5, 5.41) is 14.3. The maximum absolute atomic E-state index is 13.2. The fourth-order valence-corrected chi connectivity index (χ4v) is 2.66. The minimum absolute atomic E-state index is 0.0403. The van der Waals surface area contributed by atoms with Gasteiger partial charge in [-0.25, -0.2) is 17.9 Å². The second-order valence-electron chi connectivity index (χ2n) is 3.35. The lowest BCUT2D eigenvalue weighted by atomic mass is 10.1. The molecule has 0 fully saturated rings. The van der Waals surface area contributed by atoms with Crippen molar-refractivity contribution in [2.75, 3.05) is 0 Å². The van der Waals surface area contributed by atoms with Gasteiger partial charge in [-0.1, -0.05) is 0 Å². The molecule has 7 heteroatoms. The third-order valence-electron chi connectivity index (χ3n) is 1.50. The van der Waals surface area contributed by atoms with Crippen molar-refractivity contribution in [1.82, 2.24) is 0 Å². The summed E-state index contributed by atoms with van der Waals surface area (Å²) in [4.78, 5) is -0.0403. The first-order valence-electron chi connectivity index (χ1n) is 3.67. The fourth-order valence-electron chi connectivity index (χ4n) is 0.905. The van der Waals surface area contributed by atoms with E-state index >= 15 is 0 Å². The fraction of sp³-hybridized carbons (Fsp3) is 0.429. The molecule has 0 aliphatic rings. The van der Waals surface area contributed by atoms with Gasteiger partial charge < -0.3 is 5.11 Å². The Morgan fingerprint density at radius 2 is 2.07 bits per heavy atom. The van der Waals surface area contributed by atoms with Crippen molar-refractivity contribution in [3.63, 3.8) is 0 Å². The molecule has 0 aliphatic carbocycles. The molecule has 0 unspecified atom stereocenters. The monoisotopic (exact) mass is 239 g/mol. The maximum atomic E-state index is 13.2. The number of hydrogen-bond acceptors (Lipinski definition) is 4. The third-order valence-corrected chi connectivity index (χ3v) is 4.34. The SMILES string of the molecule is CC(C)(O)c1sc(S(N)(=O)=O)cc1F. The lowest BCUT2D eigenvalue weighted by molar-refractivity contribution is 0.0789. The molecule has 14 heavy (non-hydrogen) atoms. The van der Waals surface area contributed by atoms with Crippen LogP contribution in [-0.4, -0.2) is 13.5 Å². The van der Waals surface area contributed by atoms with Crippen LogP contribution in [0.25, 0.3) is 0 Å². The van der Waals surface area contributed by atoms with Crippen molar-refractivity contribution in [2.45, 2.75) is 23.7 Å². The summed E-state index contributed by atoms with van der Waals surface area (Å²) in [6.07, 6.45) is 0. The molecule has 4 nitrogen and oxygen atoms in total. The number of nitrogens with two attached hydrogens (primary N) is 1. The molecule has 3 N–H and O–H groups in total. The van der Waals surface area contributed by atoms with Crippen molar-refractivity contribution in [1.29, 1.82) is 0 Å². The smallest absolute Gasteiger partial charge is 0.247 e. The molecule has 0 spiro atoms. The lowest BCUT2D eigenvalue weighted by Gasteiger charge is -2.14. The number of halogens is 1. The molecule has 0 bridgehead atoms. The Bertz CT molecular complexity index is 444. The molecule has 1 rings (SSSR count). The van der Waals surface area contributed by atoms with E-state index in [2.05, 4.69) is 0 Å². The molecule has 1 aromatic rings. The van der Waals surface area contributed by atoms with Gasteiger partial charge in [0, 0.05) is 6.07 Å². The number of thiophene rings is 1. The van der Waals surface area contributed by atoms with Gasteiger partial charge in [-0.2, -0.15) is 0 Å². The quantitative estimate of drug-likeness (QED) is 0.799. The molecule has 0 aromatic carbocycles. The van der Waals surface area contributed by atoms with E-state index in [0.29, 0.717) is 11.3 Å².